The molecule has 0 spiro atoms. The molecule has 0 bridgehead atoms. The second kappa shape index (κ2) is 22.1. The molecule has 1 aliphatic carbocycles. The topological polar surface area (TPSA) is 40.5 Å². The summed E-state index contributed by atoms with van der Waals surface area (Å²) in [5.74, 6) is 0. The summed E-state index contributed by atoms with van der Waals surface area (Å²) >= 11 is 0. The van der Waals surface area contributed by atoms with E-state index in [1.54, 1.807) is 13.8 Å². The molecule has 0 amide bonds. The highest BCUT2D eigenvalue weighted by Crippen LogP contribution is 2.15. The molecule has 1 fully saturated rings. The SMILES string of the molecule is C1CCCCCCCCCCC1.CCO.CCO. The number of aliphatic hydroxyl groups excluding tert-OH is 2. The van der Waals surface area contributed by atoms with Crippen LogP contribution >= 0.6 is 0 Å². The van der Waals surface area contributed by atoms with Gasteiger partial charge in [-0.05, 0) is 13.8 Å². The lowest BCUT2D eigenvalue weighted by molar-refractivity contribution is 0.318. The lowest BCUT2D eigenvalue weighted by Crippen LogP contribution is -1.85. The van der Waals surface area contributed by atoms with Crippen LogP contribution < -0.4 is 0 Å². The third-order valence-corrected chi connectivity index (χ3v) is 3.00. The quantitative estimate of drug-likeness (QED) is 0.664. The molecule has 0 aromatic carbocycles. The fraction of sp³-hybridized carbons (Fsp3) is 1.00. The van der Waals surface area contributed by atoms with Gasteiger partial charge >= 0.3 is 0 Å². The Balaban J connectivity index is 0. The molecule has 1 aliphatic rings. The van der Waals surface area contributed by atoms with Gasteiger partial charge in [-0.2, -0.15) is 0 Å². The number of hydrogen-bond donors (Lipinski definition) is 2. The van der Waals surface area contributed by atoms with Crippen LogP contribution in [0, 0.1) is 0 Å². The van der Waals surface area contributed by atoms with Crippen molar-refractivity contribution in [2.45, 2.75) is 90.9 Å². The molecule has 1 saturated carbocycles. The molecule has 2 N–H and O–H groups in total. The van der Waals surface area contributed by atoms with Crippen LogP contribution in [0.3, 0.4) is 0 Å². The van der Waals surface area contributed by atoms with Crippen LogP contribution in [0.1, 0.15) is 90.9 Å². The molecule has 0 aromatic heterocycles. The molecule has 0 saturated heterocycles. The zero-order valence-corrected chi connectivity index (χ0v) is 12.8. The lowest BCUT2D eigenvalue weighted by Gasteiger charge is -2.05. The largest absolute Gasteiger partial charge is 0.397 e. The molecule has 18 heavy (non-hydrogen) atoms. The molecule has 0 aliphatic heterocycles. The minimum Gasteiger partial charge on any atom is -0.397 e. The standard InChI is InChI=1S/C12H24.2C2H6O/c1-2-4-6-8-10-12-11-9-7-5-3-1;2*1-2-3/h1-12H2;2*3H,2H2,1H3. The average molecular weight is 260 g/mol. The zero-order valence-electron chi connectivity index (χ0n) is 12.8. The monoisotopic (exact) mass is 260 g/mol. The van der Waals surface area contributed by atoms with Crippen LogP contribution in [0.25, 0.3) is 0 Å². The summed E-state index contributed by atoms with van der Waals surface area (Å²) in [5.41, 5.74) is 0. The van der Waals surface area contributed by atoms with Gasteiger partial charge in [0.05, 0.1) is 0 Å². The molecule has 0 unspecified atom stereocenters. The molecule has 0 atom stereocenters. The minimum absolute atomic E-state index is 0.250. The first-order valence-corrected chi connectivity index (χ1v) is 8.05. The highest BCUT2D eigenvalue weighted by molar-refractivity contribution is 4.51. The maximum Gasteiger partial charge on any atom is 0.0402 e. The van der Waals surface area contributed by atoms with E-state index in [-0.39, 0.29) is 13.2 Å². The molecular weight excluding hydrogens is 224 g/mol. The number of aliphatic hydroxyl groups is 2. The first kappa shape index (κ1) is 20.2. The van der Waals surface area contributed by atoms with Crippen LogP contribution in [0.2, 0.25) is 0 Å². The molecule has 1 rings (SSSR count). The Bertz CT molecular complexity index is 70.6. The lowest BCUT2D eigenvalue weighted by atomic mass is 10.0. The van der Waals surface area contributed by atoms with Gasteiger partial charge < -0.3 is 10.2 Å². The first-order chi connectivity index (χ1) is 8.83. The van der Waals surface area contributed by atoms with Crippen molar-refractivity contribution in [3.05, 3.63) is 0 Å². The third kappa shape index (κ3) is 24.9. The predicted molar refractivity (Wildman–Crippen MR) is 80.9 cm³/mol. The first-order valence-electron chi connectivity index (χ1n) is 8.05. The van der Waals surface area contributed by atoms with Crippen LogP contribution in [-0.4, -0.2) is 23.4 Å². The van der Waals surface area contributed by atoms with Gasteiger partial charge in [-0.25, -0.2) is 0 Å². The Hall–Kier alpha value is -0.0800. The summed E-state index contributed by atoms with van der Waals surface area (Å²) in [6, 6.07) is 0. The van der Waals surface area contributed by atoms with E-state index in [4.69, 9.17) is 10.2 Å². The smallest absolute Gasteiger partial charge is 0.0402 e. The summed E-state index contributed by atoms with van der Waals surface area (Å²) in [6.45, 7) is 3.86. The van der Waals surface area contributed by atoms with Gasteiger partial charge in [0.1, 0.15) is 0 Å². The van der Waals surface area contributed by atoms with Gasteiger partial charge in [0.2, 0.25) is 0 Å². The summed E-state index contributed by atoms with van der Waals surface area (Å²) in [4.78, 5) is 0. The van der Waals surface area contributed by atoms with Crippen molar-refractivity contribution in [3.63, 3.8) is 0 Å². The van der Waals surface area contributed by atoms with E-state index in [0.29, 0.717) is 0 Å². The van der Waals surface area contributed by atoms with E-state index in [9.17, 15) is 0 Å². The van der Waals surface area contributed by atoms with Crippen LogP contribution in [0.15, 0.2) is 0 Å². The Morgan fingerprint density at radius 2 is 0.500 bits per heavy atom. The average Bonchev–Trinajstić information content (AvgIpc) is 2.31. The van der Waals surface area contributed by atoms with E-state index in [0.717, 1.165) is 0 Å². The van der Waals surface area contributed by atoms with Gasteiger partial charge in [0.25, 0.3) is 0 Å². The third-order valence-electron chi connectivity index (χ3n) is 3.00. The summed E-state index contributed by atoms with van der Waals surface area (Å²) in [6.07, 6.45) is 18.0. The molecule has 2 nitrogen and oxygen atoms in total. The highest BCUT2D eigenvalue weighted by Gasteiger charge is 1.96. The Labute approximate surface area is 115 Å². The van der Waals surface area contributed by atoms with E-state index < -0.39 is 0 Å². The molecule has 0 radical (unpaired) electrons. The fourth-order valence-electron chi connectivity index (χ4n) is 2.12. The number of rotatable bonds is 0. The summed E-state index contributed by atoms with van der Waals surface area (Å²) in [5, 5.41) is 15.1. The fourth-order valence-corrected chi connectivity index (χ4v) is 2.12. The number of hydrogen-bond acceptors (Lipinski definition) is 2. The Morgan fingerprint density at radius 1 is 0.444 bits per heavy atom. The highest BCUT2D eigenvalue weighted by atomic mass is 16.3. The van der Waals surface area contributed by atoms with E-state index >= 15 is 0 Å². The van der Waals surface area contributed by atoms with Crippen LogP contribution in [0.5, 0.6) is 0 Å². The van der Waals surface area contributed by atoms with Gasteiger partial charge in [-0.15, -0.1) is 0 Å². The molecular formula is C16H36O2. The van der Waals surface area contributed by atoms with Crippen molar-refractivity contribution in [1.29, 1.82) is 0 Å². The van der Waals surface area contributed by atoms with Crippen molar-refractivity contribution >= 4 is 0 Å². The van der Waals surface area contributed by atoms with Crippen molar-refractivity contribution in [2.24, 2.45) is 0 Å². The van der Waals surface area contributed by atoms with E-state index in [1.807, 2.05) is 0 Å². The van der Waals surface area contributed by atoms with Crippen molar-refractivity contribution in [3.8, 4) is 0 Å². The zero-order chi connectivity index (χ0) is 13.9. The second-order valence-electron chi connectivity index (χ2n) is 4.88. The van der Waals surface area contributed by atoms with Gasteiger partial charge in [-0.3, -0.25) is 0 Å². The van der Waals surface area contributed by atoms with Crippen molar-refractivity contribution < 1.29 is 10.2 Å². The van der Waals surface area contributed by atoms with E-state index in [1.165, 1.54) is 77.0 Å². The van der Waals surface area contributed by atoms with Gasteiger partial charge in [-0.1, -0.05) is 77.0 Å². The summed E-state index contributed by atoms with van der Waals surface area (Å²) < 4.78 is 0. The maximum atomic E-state index is 7.57. The predicted octanol–water partition coefficient (Wildman–Crippen LogP) is 4.68. The van der Waals surface area contributed by atoms with Crippen LogP contribution in [-0.2, 0) is 0 Å². The van der Waals surface area contributed by atoms with E-state index in [2.05, 4.69) is 0 Å². The summed E-state index contributed by atoms with van der Waals surface area (Å²) in [7, 11) is 0. The maximum absolute atomic E-state index is 7.57. The van der Waals surface area contributed by atoms with Gasteiger partial charge in [0, 0.05) is 13.2 Å². The molecule has 0 heterocycles. The Morgan fingerprint density at radius 3 is 0.556 bits per heavy atom. The minimum atomic E-state index is 0.250. The molecule has 0 aromatic rings. The second-order valence-corrected chi connectivity index (χ2v) is 4.88. The van der Waals surface area contributed by atoms with Crippen molar-refractivity contribution in [1.82, 2.24) is 0 Å². The Kier molecular flexibility index (Phi) is 24.9. The van der Waals surface area contributed by atoms with Crippen LogP contribution in [0.4, 0.5) is 0 Å². The molecule has 112 valence electrons. The normalized spacial score (nSPS) is 18.0. The van der Waals surface area contributed by atoms with Crippen molar-refractivity contribution in [2.75, 3.05) is 13.2 Å². The molecule has 2 heteroatoms. The van der Waals surface area contributed by atoms with Gasteiger partial charge in [0.15, 0.2) is 0 Å².